The van der Waals surface area contributed by atoms with Crippen molar-refractivity contribution < 1.29 is 9.21 Å². The summed E-state index contributed by atoms with van der Waals surface area (Å²) in [5, 5.41) is 4.88. The monoisotopic (exact) mass is 374 g/mol. The number of aromatic amines is 2. The van der Waals surface area contributed by atoms with E-state index in [-0.39, 0.29) is 10.8 Å². The lowest BCUT2D eigenvalue weighted by atomic mass is 10.1. The average Bonchev–Trinajstić information content (AvgIpc) is 3.24. The lowest BCUT2D eigenvalue weighted by molar-refractivity contribution is 0.103. The molecule has 0 atom stereocenters. The van der Waals surface area contributed by atoms with Crippen molar-refractivity contribution in [3.8, 4) is 11.3 Å². The first-order valence-corrected chi connectivity index (χ1v) is 8.79. The first-order chi connectivity index (χ1) is 12.0. The van der Waals surface area contributed by atoms with Crippen molar-refractivity contribution in [2.24, 2.45) is 0 Å². The molecular weight excluding hydrogens is 364 g/mol. The number of aryl methyl sites for hydroxylation is 1. The fourth-order valence-corrected chi connectivity index (χ4v) is 3.80. The van der Waals surface area contributed by atoms with E-state index in [9.17, 15) is 14.4 Å². The normalized spacial score (nSPS) is 11.1. The van der Waals surface area contributed by atoms with Gasteiger partial charge >= 0.3 is 10.6 Å². The number of oxazole rings is 1. The van der Waals surface area contributed by atoms with Gasteiger partial charge in [-0.1, -0.05) is 17.4 Å². The number of carbonyl (C=O) groups is 1. The van der Waals surface area contributed by atoms with Gasteiger partial charge < -0.3 is 9.40 Å². The predicted molar refractivity (Wildman–Crippen MR) is 95.6 cm³/mol. The minimum absolute atomic E-state index is 0.274. The number of hydrogen-bond acceptors (Lipinski definition) is 7. The van der Waals surface area contributed by atoms with Gasteiger partial charge in [0.15, 0.2) is 10.7 Å². The first-order valence-electron chi connectivity index (χ1n) is 7.09. The van der Waals surface area contributed by atoms with Crippen LogP contribution in [0.15, 0.2) is 37.6 Å². The van der Waals surface area contributed by atoms with Crippen LogP contribution in [0.1, 0.15) is 15.4 Å². The SMILES string of the molecule is Cc1[nH]c(=O)sc1C(=O)Nc1nc(-c2ccc3[nH]c(=O)oc3c2)cs1. The molecule has 3 heterocycles. The lowest BCUT2D eigenvalue weighted by Crippen LogP contribution is -2.11. The zero-order valence-electron chi connectivity index (χ0n) is 12.7. The third kappa shape index (κ3) is 2.92. The van der Waals surface area contributed by atoms with Gasteiger partial charge in [0.05, 0.1) is 11.2 Å². The fraction of sp³-hybridized carbons (Fsp3) is 0.0667. The standard InChI is InChI=1S/C15H10N4O4S2/c1-6-11(25-15(22)16-6)12(20)19-13-17-9(5-24-13)7-2-3-8-10(4-7)23-14(21)18-8/h2-5H,1H3,(H,16,22)(H,18,21)(H,17,19,20). The van der Waals surface area contributed by atoms with Crippen molar-refractivity contribution in [1.82, 2.24) is 15.0 Å². The molecule has 4 rings (SSSR count). The predicted octanol–water partition coefficient (Wildman–Crippen LogP) is 2.56. The summed E-state index contributed by atoms with van der Waals surface area (Å²) in [6.07, 6.45) is 0. The van der Waals surface area contributed by atoms with E-state index in [1.807, 2.05) is 0 Å². The van der Waals surface area contributed by atoms with Crippen LogP contribution in [0.3, 0.4) is 0 Å². The van der Waals surface area contributed by atoms with E-state index in [1.54, 1.807) is 30.5 Å². The molecule has 126 valence electrons. The maximum Gasteiger partial charge on any atom is 0.417 e. The van der Waals surface area contributed by atoms with Crippen LogP contribution in [0.2, 0.25) is 0 Å². The highest BCUT2D eigenvalue weighted by Gasteiger charge is 2.15. The summed E-state index contributed by atoms with van der Waals surface area (Å²) in [5.41, 5.74) is 2.97. The molecule has 0 aliphatic carbocycles. The summed E-state index contributed by atoms with van der Waals surface area (Å²) < 4.78 is 5.04. The number of amides is 1. The highest BCUT2D eigenvalue weighted by molar-refractivity contribution is 7.14. The van der Waals surface area contributed by atoms with Gasteiger partial charge in [-0.25, -0.2) is 9.78 Å². The molecule has 0 saturated heterocycles. The number of rotatable bonds is 3. The Labute approximate surface area is 147 Å². The van der Waals surface area contributed by atoms with Gasteiger partial charge in [0.2, 0.25) is 0 Å². The number of carbonyl (C=O) groups excluding carboxylic acids is 1. The molecule has 3 N–H and O–H groups in total. The second kappa shape index (κ2) is 5.83. The highest BCUT2D eigenvalue weighted by Crippen LogP contribution is 2.27. The molecule has 8 nitrogen and oxygen atoms in total. The number of fused-ring (bicyclic) bond motifs is 1. The lowest BCUT2D eigenvalue weighted by Gasteiger charge is -1.99. The summed E-state index contributed by atoms with van der Waals surface area (Å²) in [7, 11) is 0. The van der Waals surface area contributed by atoms with Gasteiger partial charge in [0.25, 0.3) is 5.91 Å². The van der Waals surface area contributed by atoms with Crippen LogP contribution in [0.25, 0.3) is 22.4 Å². The van der Waals surface area contributed by atoms with Crippen LogP contribution in [0.4, 0.5) is 5.13 Å². The smallest absolute Gasteiger partial charge is 0.408 e. The number of hydrogen-bond donors (Lipinski definition) is 3. The van der Waals surface area contributed by atoms with Crippen LogP contribution in [-0.2, 0) is 0 Å². The maximum absolute atomic E-state index is 12.2. The third-order valence-corrected chi connectivity index (χ3v) is 5.21. The zero-order valence-corrected chi connectivity index (χ0v) is 14.3. The fourth-order valence-electron chi connectivity index (χ4n) is 2.34. The number of thiazole rings is 2. The van der Waals surface area contributed by atoms with E-state index in [0.29, 0.717) is 32.5 Å². The molecule has 0 spiro atoms. The number of nitrogens with one attached hydrogen (secondary N) is 3. The topological polar surface area (TPSA) is 121 Å². The van der Waals surface area contributed by atoms with Gasteiger partial charge in [-0.3, -0.25) is 19.9 Å². The summed E-state index contributed by atoms with van der Waals surface area (Å²) in [5.74, 6) is -0.895. The average molecular weight is 374 g/mol. The Kier molecular flexibility index (Phi) is 3.62. The van der Waals surface area contributed by atoms with Crippen LogP contribution in [0, 0.1) is 6.92 Å². The maximum atomic E-state index is 12.2. The minimum atomic E-state index is -0.515. The summed E-state index contributed by atoms with van der Waals surface area (Å²) in [6, 6.07) is 5.24. The van der Waals surface area contributed by atoms with E-state index in [2.05, 4.69) is 20.3 Å². The molecule has 4 aromatic rings. The molecular formula is C15H10N4O4S2. The second-order valence-electron chi connectivity index (χ2n) is 5.19. The molecule has 1 amide bonds. The molecule has 0 aliphatic heterocycles. The Morgan fingerprint density at radius 3 is 2.88 bits per heavy atom. The van der Waals surface area contributed by atoms with Crippen molar-refractivity contribution in [3.63, 3.8) is 0 Å². The number of nitrogens with zero attached hydrogens (tertiary/aromatic N) is 1. The molecule has 0 radical (unpaired) electrons. The number of aromatic nitrogens is 3. The van der Waals surface area contributed by atoms with Crippen molar-refractivity contribution in [1.29, 1.82) is 0 Å². The van der Waals surface area contributed by atoms with E-state index >= 15 is 0 Å². The van der Waals surface area contributed by atoms with Gasteiger partial charge in [0.1, 0.15) is 4.88 Å². The largest absolute Gasteiger partial charge is 0.417 e. The Bertz CT molecular complexity index is 1210. The summed E-state index contributed by atoms with van der Waals surface area (Å²) in [4.78, 5) is 44.3. The summed E-state index contributed by atoms with van der Waals surface area (Å²) in [6.45, 7) is 1.67. The summed E-state index contributed by atoms with van der Waals surface area (Å²) >= 11 is 2.12. The minimum Gasteiger partial charge on any atom is -0.408 e. The second-order valence-corrected chi connectivity index (χ2v) is 7.03. The van der Waals surface area contributed by atoms with Crippen LogP contribution >= 0.6 is 22.7 Å². The van der Waals surface area contributed by atoms with E-state index in [1.165, 1.54) is 11.3 Å². The van der Waals surface area contributed by atoms with Gasteiger partial charge in [-0.05, 0) is 19.1 Å². The molecule has 3 aromatic heterocycles. The first kappa shape index (κ1) is 15.5. The molecule has 0 unspecified atom stereocenters. The molecule has 0 fully saturated rings. The van der Waals surface area contributed by atoms with Crippen molar-refractivity contribution in [2.45, 2.75) is 6.92 Å². The molecule has 0 aliphatic rings. The highest BCUT2D eigenvalue weighted by atomic mass is 32.1. The Morgan fingerprint density at radius 1 is 1.28 bits per heavy atom. The zero-order chi connectivity index (χ0) is 17.6. The third-order valence-electron chi connectivity index (χ3n) is 3.47. The van der Waals surface area contributed by atoms with Crippen molar-refractivity contribution in [3.05, 3.63) is 54.4 Å². The molecule has 25 heavy (non-hydrogen) atoms. The Balaban J connectivity index is 1.60. The molecule has 0 bridgehead atoms. The molecule has 10 heteroatoms. The van der Waals surface area contributed by atoms with E-state index < -0.39 is 5.76 Å². The van der Waals surface area contributed by atoms with Crippen LogP contribution in [-0.4, -0.2) is 20.9 Å². The van der Waals surface area contributed by atoms with Crippen LogP contribution < -0.4 is 15.9 Å². The van der Waals surface area contributed by atoms with Gasteiger partial charge in [0, 0.05) is 16.6 Å². The Hall–Kier alpha value is -2.98. The van der Waals surface area contributed by atoms with Gasteiger partial charge in [-0.15, -0.1) is 11.3 Å². The van der Waals surface area contributed by atoms with E-state index in [4.69, 9.17) is 4.42 Å². The van der Waals surface area contributed by atoms with Crippen molar-refractivity contribution in [2.75, 3.05) is 5.32 Å². The van der Waals surface area contributed by atoms with Crippen molar-refractivity contribution >= 4 is 44.8 Å². The molecule has 1 aromatic carbocycles. The quantitative estimate of drug-likeness (QED) is 0.509. The van der Waals surface area contributed by atoms with Crippen LogP contribution in [0.5, 0.6) is 0 Å². The molecule has 0 saturated carbocycles. The van der Waals surface area contributed by atoms with Gasteiger partial charge in [-0.2, -0.15) is 0 Å². The Morgan fingerprint density at radius 2 is 2.12 bits per heavy atom. The number of benzene rings is 1. The number of H-pyrrole nitrogens is 2. The van der Waals surface area contributed by atoms with E-state index in [0.717, 1.165) is 16.9 Å². The number of anilines is 1.